The number of rotatable bonds is 5. The van der Waals surface area contributed by atoms with Crippen LogP contribution in [0, 0.1) is 12.3 Å². The Morgan fingerprint density at radius 1 is 1.22 bits per heavy atom. The molecule has 0 aromatic heterocycles. The Morgan fingerprint density at radius 3 is 2.50 bits per heavy atom. The van der Waals surface area contributed by atoms with Crippen LogP contribution in [0.3, 0.4) is 0 Å². The van der Waals surface area contributed by atoms with Gasteiger partial charge in [-0.05, 0) is 31.0 Å². The zero-order chi connectivity index (χ0) is 13.4. The van der Waals surface area contributed by atoms with Crippen LogP contribution in [0.25, 0.3) is 0 Å². The maximum absolute atomic E-state index is 11.5. The minimum atomic E-state index is -0.283. The molecule has 0 saturated heterocycles. The van der Waals surface area contributed by atoms with Crippen LogP contribution in [0.15, 0.2) is 18.2 Å². The lowest BCUT2D eigenvalue weighted by molar-refractivity contribution is 0.252. The van der Waals surface area contributed by atoms with E-state index in [0.29, 0.717) is 22.3 Å². The van der Waals surface area contributed by atoms with E-state index in [1.54, 1.807) is 18.2 Å². The Labute approximate surface area is 117 Å². The average Bonchev–Trinajstić information content (AvgIpc) is 2.27. The third-order valence-corrected chi connectivity index (χ3v) is 2.59. The van der Waals surface area contributed by atoms with E-state index >= 15 is 0 Å². The Kier molecular flexibility index (Phi) is 6.42. The quantitative estimate of drug-likeness (QED) is 0.625. The molecule has 0 aliphatic heterocycles. The standard InChI is InChI=1S/C13H14Cl2N2O/c1-2-3-4-5-6-16-13(18)17-12-8-10(14)7-11(15)9-12/h1,7-9H,3-6H2,(H2,16,17,18). The fourth-order valence-corrected chi connectivity index (χ4v) is 1.88. The number of urea groups is 1. The van der Waals surface area contributed by atoms with Crippen molar-refractivity contribution < 1.29 is 4.79 Å². The van der Waals surface area contributed by atoms with Crippen molar-refractivity contribution in [3.05, 3.63) is 28.2 Å². The molecular formula is C13H14Cl2N2O. The second-order valence-corrected chi connectivity index (χ2v) is 4.57. The van der Waals surface area contributed by atoms with Crippen LogP contribution in [0.4, 0.5) is 10.5 Å². The molecule has 3 nitrogen and oxygen atoms in total. The number of unbranched alkanes of at least 4 members (excludes halogenated alkanes) is 2. The molecule has 0 bridgehead atoms. The molecule has 0 heterocycles. The normalized spacial score (nSPS) is 9.61. The molecule has 0 radical (unpaired) electrons. The Bertz CT molecular complexity index is 435. The fraction of sp³-hybridized carbons (Fsp3) is 0.308. The summed E-state index contributed by atoms with van der Waals surface area (Å²) in [4.78, 5) is 11.5. The maximum Gasteiger partial charge on any atom is 0.319 e. The molecule has 0 saturated carbocycles. The lowest BCUT2D eigenvalue weighted by Gasteiger charge is -2.08. The van der Waals surface area contributed by atoms with Crippen LogP contribution in [0.1, 0.15) is 19.3 Å². The van der Waals surface area contributed by atoms with Crippen LogP contribution in [0.2, 0.25) is 10.0 Å². The lowest BCUT2D eigenvalue weighted by Crippen LogP contribution is -2.29. The number of nitrogens with one attached hydrogen (secondary N) is 2. The third kappa shape index (κ3) is 5.81. The number of amides is 2. The van der Waals surface area contributed by atoms with Crippen molar-refractivity contribution in [3.8, 4) is 12.3 Å². The summed E-state index contributed by atoms with van der Waals surface area (Å²) in [5.41, 5.74) is 0.564. The molecule has 0 fully saturated rings. The maximum atomic E-state index is 11.5. The van der Waals surface area contributed by atoms with E-state index in [2.05, 4.69) is 16.6 Å². The molecule has 1 aromatic rings. The van der Waals surface area contributed by atoms with Crippen LogP contribution in [-0.4, -0.2) is 12.6 Å². The largest absolute Gasteiger partial charge is 0.338 e. The van der Waals surface area contributed by atoms with Crippen molar-refractivity contribution in [1.82, 2.24) is 5.32 Å². The topological polar surface area (TPSA) is 41.1 Å². The zero-order valence-corrected chi connectivity index (χ0v) is 11.3. The fourth-order valence-electron chi connectivity index (χ4n) is 1.36. The molecule has 18 heavy (non-hydrogen) atoms. The first kappa shape index (κ1) is 14.7. The highest BCUT2D eigenvalue weighted by molar-refractivity contribution is 6.35. The van der Waals surface area contributed by atoms with E-state index in [0.717, 1.165) is 19.3 Å². The Hall–Kier alpha value is -1.37. The molecule has 0 unspecified atom stereocenters. The van der Waals surface area contributed by atoms with Crippen LogP contribution < -0.4 is 10.6 Å². The van der Waals surface area contributed by atoms with E-state index in [1.165, 1.54) is 0 Å². The van der Waals surface area contributed by atoms with E-state index in [1.807, 2.05) is 0 Å². The number of terminal acetylenes is 1. The molecule has 0 aliphatic rings. The third-order valence-electron chi connectivity index (χ3n) is 2.15. The number of halogens is 2. The van der Waals surface area contributed by atoms with Crippen molar-refractivity contribution in [1.29, 1.82) is 0 Å². The van der Waals surface area contributed by atoms with Gasteiger partial charge < -0.3 is 10.6 Å². The highest BCUT2D eigenvalue weighted by atomic mass is 35.5. The summed E-state index contributed by atoms with van der Waals surface area (Å²) in [6, 6.07) is 4.58. The zero-order valence-electron chi connectivity index (χ0n) is 9.80. The number of anilines is 1. The Balaban J connectivity index is 2.33. The number of hydrogen-bond acceptors (Lipinski definition) is 1. The summed E-state index contributed by atoms with van der Waals surface area (Å²) >= 11 is 11.6. The van der Waals surface area contributed by atoms with Gasteiger partial charge in [0.25, 0.3) is 0 Å². The van der Waals surface area contributed by atoms with Gasteiger partial charge in [0.2, 0.25) is 0 Å². The van der Waals surface area contributed by atoms with E-state index < -0.39 is 0 Å². The number of benzene rings is 1. The van der Waals surface area contributed by atoms with Gasteiger partial charge in [0.05, 0.1) is 0 Å². The van der Waals surface area contributed by atoms with Crippen LogP contribution >= 0.6 is 23.2 Å². The Morgan fingerprint density at radius 2 is 1.89 bits per heavy atom. The van der Waals surface area contributed by atoms with Gasteiger partial charge in [0.1, 0.15) is 0 Å². The summed E-state index contributed by atoms with van der Waals surface area (Å²) in [6.45, 7) is 0.585. The predicted octanol–water partition coefficient (Wildman–Crippen LogP) is 3.92. The van der Waals surface area contributed by atoms with E-state index in [-0.39, 0.29) is 6.03 Å². The predicted molar refractivity (Wildman–Crippen MR) is 76.2 cm³/mol. The first-order valence-corrected chi connectivity index (χ1v) is 6.32. The highest BCUT2D eigenvalue weighted by Gasteiger charge is 2.03. The summed E-state index contributed by atoms with van der Waals surface area (Å²) < 4.78 is 0. The second-order valence-electron chi connectivity index (χ2n) is 3.70. The van der Waals surface area contributed by atoms with Crippen molar-refractivity contribution in [2.24, 2.45) is 0 Å². The summed E-state index contributed by atoms with van der Waals surface area (Å²) in [5.74, 6) is 2.55. The van der Waals surface area contributed by atoms with Gasteiger partial charge in [0, 0.05) is 28.7 Å². The molecule has 0 spiro atoms. The molecule has 2 N–H and O–H groups in total. The van der Waals surface area contributed by atoms with Crippen molar-refractivity contribution in [2.75, 3.05) is 11.9 Å². The van der Waals surface area contributed by atoms with Crippen LogP contribution in [-0.2, 0) is 0 Å². The molecule has 0 aliphatic carbocycles. The molecule has 96 valence electrons. The van der Waals surface area contributed by atoms with Gasteiger partial charge in [0.15, 0.2) is 0 Å². The van der Waals surface area contributed by atoms with E-state index in [9.17, 15) is 4.79 Å². The van der Waals surface area contributed by atoms with Gasteiger partial charge in [-0.3, -0.25) is 0 Å². The number of hydrogen-bond donors (Lipinski definition) is 2. The summed E-state index contributed by atoms with van der Waals surface area (Å²) in [7, 11) is 0. The first-order valence-electron chi connectivity index (χ1n) is 5.56. The van der Waals surface area contributed by atoms with E-state index in [4.69, 9.17) is 29.6 Å². The molecule has 1 aromatic carbocycles. The molecule has 5 heteroatoms. The first-order chi connectivity index (χ1) is 8.61. The molecular weight excluding hydrogens is 271 g/mol. The molecule has 0 atom stereocenters. The van der Waals surface area contributed by atoms with Crippen molar-refractivity contribution >= 4 is 34.9 Å². The van der Waals surface area contributed by atoms with Crippen molar-refractivity contribution in [3.63, 3.8) is 0 Å². The minimum absolute atomic E-state index is 0.283. The van der Waals surface area contributed by atoms with Gasteiger partial charge in [-0.15, -0.1) is 12.3 Å². The molecule has 2 amide bonds. The second kappa shape index (κ2) is 7.86. The van der Waals surface area contributed by atoms with Gasteiger partial charge in [-0.25, -0.2) is 4.79 Å². The smallest absolute Gasteiger partial charge is 0.319 e. The highest BCUT2D eigenvalue weighted by Crippen LogP contribution is 2.22. The summed E-state index contributed by atoms with van der Waals surface area (Å²) in [6.07, 6.45) is 7.61. The lowest BCUT2D eigenvalue weighted by atomic mass is 10.2. The van der Waals surface area contributed by atoms with Gasteiger partial charge in [-0.1, -0.05) is 23.2 Å². The van der Waals surface area contributed by atoms with Gasteiger partial charge in [-0.2, -0.15) is 0 Å². The minimum Gasteiger partial charge on any atom is -0.338 e. The van der Waals surface area contributed by atoms with Gasteiger partial charge >= 0.3 is 6.03 Å². The van der Waals surface area contributed by atoms with Crippen molar-refractivity contribution in [2.45, 2.75) is 19.3 Å². The monoisotopic (exact) mass is 284 g/mol. The molecule has 1 rings (SSSR count). The SMILES string of the molecule is C#CCCCCNC(=O)Nc1cc(Cl)cc(Cl)c1. The average molecular weight is 285 g/mol. The number of carbonyl (C=O) groups is 1. The number of carbonyl (C=O) groups excluding carboxylic acids is 1. The van der Waals surface area contributed by atoms with Crippen LogP contribution in [0.5, 0.6) is 0 Å². The summed E-state index contributed by atoms with van der Waals surface area (Å²) in [5, 5.41) is 6.34.